The monoisotopic (exact) mass is 238 g/mol. The normalized spacial score (nSPS) is 16.3. The fourth-order valence-electron chi connectivity index (χ4n) is 2.45. The molecular weight excluding hydrogens is 228 g/mol. The smallest absolute Gasteiger partial charge is 0.142 e. The Morgan fingerprint density at radius 1 is 1.12 bits per heavy atom. The molecule has 0 saturated carbocycles. The summed E-state index contributed by atoms with van der Waals surface area (Å²) in [6.07, 6.45) is 2.90. The Balaban J connectivity index is 2.27. The Hall–Kier alpha value is -1.22. The van der Waals surface area contributed by atoms with Gasteiger partial charge in [-0.1, -0.05) is 11.6 Å². The summed E-state index contributed by atoms with van der Waals surface area (Å²) in [6, 6.07) is 0. The number of hydrogen-bond donors (Lipinski definition) is 0. The molecule has 0 bridgehead atoms. The number of ether oxygens (including phenoxy) is 2. The van der Waals surface area contributed by atoms with Crippen LogP contribution in [0.25, 0.3) is 0 Å². The molecule has 0 spiro atoms. The van der Waals surface area contributed by atoms with Crippen molar-refractivity contribution in [1.29, 1.82) is 0 Å². The Morgan fingerprint density at radius 2 is 1.81 bits per heavy atom. The van der Waals surface area contributed by atoms with Crippen LogP contribution < -0.4 is 9.47 Å². The summed E-state index contributed by atoms with van der Waals surface area (Å²) in [5.74, 6) is 1.59. The lowest BCUT2D eigenvalue weighted by molar-refractivity contribution is -0.107. The molecule has 84 valence electrons. The first-order valence-corrected chi connectivity index (χ1v) is 5.76. The minimum atomic E-state index is 0.380. The molecule has 1 aromatic rings. The predicted molar refractivity (Wildman–Crippen MR) is 59.6 cm³/mol. The van der Waals surface area contributed by atoms with Crippen LogP contribution in [0.4, 0.5) is 0 Å². The Bertz CT molecular complexity index is 433. The highest BCUT2D eigenvalue weighted by molar-refractivity contribution is 6.33. The van der Waals surface area contributed by atoms with Gasteiger partial charge in [-0.05, 0) is 0 Å². The zero-order valence-corrected chi connectivity index (χ0v) is 9.47. The molecule has 0 amide bonds. The van der Waals surface area contributed by atoms with E-state index in [1.807, 2.05) is 0 Å². The molecule has 1 aromatic carbocycles. The number of rotatable bonds is 2. The van der Waals surface area contributed by atoms with Crippen molar-refractivity contribution in [3.05, 3.63) is 21.7 Å². The molecule has 0 atom stereocenters. The lowest BCUT2D eigenvalue weighted by Crippen LogP contribution is -1.98. The summed E-state index contributed by atoms with van der Waals surface area (Å²) in [7, 11) is 0. The van der Waals surface area contributed by atoms with Gasteiger partial charge in [0.25, 0.3) is 0 Å². The molecule has 0 saturated heterocycles. The quantitative estimate of drug-likeness (QED) is 0.739. The molecule has 0 aromatic heterocycles. The van der Waals surface area contributed by atoms with E-state index in [1.165, 1.54) is 0 Å². The molecule has 16 heavy (non-hydrogen) atoms. The van der Waals surface area contributed by atoms with Crippen molar-refractivity contribution in [3.8, 4) is 11.5 Å². The Kier molecular flexibility index (Phi) is 2.28. The lowest BCUT2D eigenvalue weighted by Gasteiger charge is -2.12. The minimum Gasteiger partial charge on any atom is -0.493 e. The zero-order chi connectivity index (χ0) is 11.1. The summed E-state index contributed by atoms with van der Waals surface area (Å²) in [6.45, 7) is 1.29. The van der Waals surface area contributed by atoms with Gasteiger partial charge >= 0.3 is 0 Å². The first kappa shape index (κ1) is 9.97. The average molecular weight is 239 g/mol. The van der Waals surface area contributed by atoms with E-state index in [2.05, 4.69) is 0 Å². The Morgan fingerprint density at radius 3 is 2.56 bits per heavy atom. The highest BCUT2D eigenvalue weighted by Crippen LogP contribution is 2.46. The van der Waals surface area contributed by atoms with Crippen LogP contribution in [0, 0.1) is 0 Å². The number of hydrogen-bond acceptors (Lipinski definition) is 3. The van der Waals surface area contributed by atoms with Crippen LogP contribution in [0.15, 0.2) is 0 Å². The highest BCUT2D eigenvalue weighted by atomic mass is 35.5. The summed E-state index contributed by atoms with van der Waals surface area (Å²) < 4.78 is 11.1. The van der Waals surface area contributed by atoms with Crippen molar-refractivity contribution in [1.82, 2.24) is 0 Å². The maximum Gasteiger partial charge on any atom is 0.142 e. The van der Waals surface area contributed by atoms with Crippen LogP contribution in [0.2, 0.25) is 5.02 Å². The third-order valence-corrected chi connectivity index (χ3v) is 3.53. The van der Waals surface area contributed by atoms with E-state index in [-0.39, 0.29) is 0 Å². The second kappa shape index (κ2) is 3.67. The minimum absolute atomic E-state index is 0.380. The maximum absolute atomic E-state index is 10.7. The highest BCUT2D eigenvalue weighted by Gasteiger charge is 2.30. The molecule has 2 aliphatic rings. The largest absolute Gasteiger partial charge is 0.493 e. The van der Waals surface area contributed by atoms with E-state index in [1.54, 1.807) is 0 Å². The molecule has 0 fully saturated rings. The van der Waals surface area contributed by atoms with Crippen LogP contribution in [-0.2, 0) is 24.1 Å². The number of carbonyl (C=O) groups excluding carboxylic acids is 1. The molecule has 2 heterocycles. The van der Waals surface area contributed by atoms with Gasteiger partial charge < -0.3 is 14.3 Å². The molecule has 3 rings (SSSR count). The standard InChI is InChI=1S/C12H11ClO3/c13-10-9-3-6-15-11(9)7(1-4-14)8-2-5-16-12(8)10/h4H,1-3,5-6H2. The van der Waals surface area contributed by atoms with Crippen molar-refractivity contribution in [3.63, 3.8) is 0 Å². The van der Waals surface area contributed by atoms with Crippen molar-refractivity contribution in [2.75, 3.05) is 13.2 Å². The van der Waals surface area contributed by atoms with Crippen LogP contribution in [0.5, 0.6) is 11.5 Å². The van der Waals surface area contributed by atoms with Gasteiger partial charge in [-0.2, -0.15) is 0 Å². The molecule has 4 heteroatoms. The number of halogens is 1. The van der Waals surface area contributed by atoms with Crippen molar-refractivity contribution >= 4 is 17.9 Å². The van der Waals surface area contributed by atoms with E-state index < -0.39 is 0 Å². The first-order valence-electron chi connectivity index (χ1n) is 5.38. The van der Waals surface area contributed by atoms with Crippen molar-refractivity contribution < 1.29 is 14.3 Å². The molecule has 0 radical (unpaired) electrons. The number of aldehydes is 1. The van der Waals surface area contributed by atoms with Gasteiger partial charge in [0, 0.05) is 36.0 Å². The topological polar surface area (TPSA) is 35.5 Å². The van der Waals surface area contributed by atoms with Crippen molar-refractivity contribution in [2.24, 2.45) is 0 Å². The van der Waals surface area contributed by atoms with Gasteiger partial charge in [0.1, 0.15) is 17.8 Å². The Labute approximate surface area is 98.3 Å². The van der Waals surface area contributed by atoms with Gasteiger partial charge in [0.15, 0.2) is 0 Å². The summed E-state index contributed by atoms with van der Waals surface area (Å²) in [5, 5.41) is 0.676. The van der Waals surface area contributed by atoms with E-state index in [0.717, 1.165) is 47.3 Å². The molecule has 0 unspecified atom stereocenters. The van der Waals surface area contributed by atoms with Crippen molar-refractivity contribution in [2.45, 2.75) is 19.3 Å². The molecular formula is C12H11ClO3. The van der Waals surface area contributed by atoms with Crippen LogP contribution in [0.1, 0.15) is 16.7 Å². The van der Waals surface area contributed by atoms with Crippen LogP contribution in [0.3, 0.4) is 0 Å². The molecule has 3 nitrogen and oxygen atoms in total. The fourth-order valence-corrected chi connectivity index (χ4v) is 2.80. The van der Waals surface area contributed by atoms with Gasteiger partial charge in [-0.25, -0.2) is 0 Å². The molecule has 2 aliphatic heterocycles. The molecule has 0 aliphatic carbocycles. The number of carbonyl (C=O) groups is 1. The third kappa shape index (κ3) is 1.24. The molecule has 0 N–H and O–H groups in total. The average Bonchev–Trinajstić information content (AvgIpc) is 2.92. The second-order valence-electron chi connectivity index (χ2n) is 3.98. The van der Waals surface area contributed by atoms with Gasteiger partial charge in [-0.15, -0.1) is 0 Å². The first-order chi connectivity index (χ1) is 7.83. The summed E-state index contributed by atoms with van der Waals surface area (Å²) >= 11 is 6.28. The van der Waals surface area contributed by atoms with E-state index in [9.17, 15) is 4.79 Å². The van der Waals surface area contributed by atoms with Gasteiger partial charge in [0.05, 0.1) is 18.2 Å². The summed E-state index contributed by atoms with van der Waals surface area (Å²) in [4.78, 5) is 10.7. The van der Waals surface area contributed by atoms with Gasteiger partial charge in [0.2, 0.25) is 0 Å². The predicted octanol–water partition coefficient (Wildman–Crippen LogP) is 1.95. The van der Waals surface area contributed by atoms with E-state index >= 15 is 0 Å². The van der Waals surface area contributed by atoms with Crippen LogP contribution >= 0.6 is 11.6 Å². The zero-order valence-electron chi connectivity index (χ0n) is 8.72. The summed E-state index contributed by atoms with van der Waals surface area (Å²) in [5.41, 5.74) is 3.02. The SMILES string of the molecule is O=CCc1c2c(c(Cl)c3c1OCC3)OCC2. The number of benzene rings is 1. The third-order valence-electron chi connectivity index (χ3n) is 3.14. The van der Waals surface area contributed by atoms with E-state index in [0.29, 0.717) is 24.7 Å². The lowest BCUT2D eigenvalue weighted by atomic mass is 9.97. The maximum atomic E-state index is 10.7. The number of fused-ring (bicyclic) bond motifs is 2. The fraction of sp³-hybridized carbons (Fsp3) is 0.417. The van der Waals surface area contributed by atoms with Crippen LogP contribution in [-0.4, -0.2) is 19.5 Å². The van der Waals surface area contributed by atoms with Gasteiger partial charge in [-0.3, -0.25) is 0 Å². The second-order valence-corrected chi connectivity index (χ2v) is 4.35. The van der Waals surface area contributed by atoms with E-state index in [4.69, 9.17) is 21.1 Å².